The molecule has 0 bridgehead atoms. The first-order valence-corrected chi connectivity index (χ1v) is 7.31. The van der Waals surface area contributed by atoms with Crippen molar-refractivity contribution in [1.82, 2.24) is 5.32 Å². The number of halogens is 1. The molecule has 0 saturated heterocycles. The summed E-state index contributed by atoms with van der Waals surface area (Å²) in [6.07, 6.45) is 0. The van der Waals surface area contributed by atoms with Gasteiger partial charge in [-0.05, 0) is 37.3 Å². The Labute approximate surface area is 118 Å². The second kappa shape index (κ2) is 5.87. The zero-order valence-corrected chi connectivity index (χ0v) is 13.4. The smallest absolute Gasteiger partial charge is 0.251 e. The predicted molar refractivity (Wildman–Crippen MR) is 80.6 cm³/mol. The molecule has 1 aromatic rings. The van der Waals surface area contributed by atoms with Crippen molar-refractivity contribution in [3.05, 3.63) is 34.4 Å². The summed E-state index contributed by atoms with van der Waals surface area (Å²) < 4.78 is 0. The fourth-order valence-electron chi connectivity index (χ4n) is 1.99. The van der Waals surface area contributed by atoms with Crippen molar-refractivity contribution in [3.8, 4) is 0 Å². The van der Waals surface area contributed by atoms with E-state index in [-0.39, 0.29) is 11.3 Å². The molecule has 0 aliphatic carbocycles. The number of benzene rings is 1. The number of alkyl halides is 1. The predicted octanol–water partition coefficient (Wildman–Crippen LogP) is 3.76. The molecule has 0 spiro atoms. The van der Waals surface area contributed by atoms with Crippen molar-refractivity contribution in [2.24, 2.45) is 5.41 Å². The number of rotatable bonds is 4. The lowest BCUT2D eigenvalue weighted by Crippen LogP contribution is -2.35. The van der Waals surface area contributed by atoms with E-state index in [1.54, 1.807) is 0 Å². The molecule has 1 N–H and O–H groups in total. The van der Waals surface area contributed by atoms with Gasteiger partial charge in [-0.1, -0.05) is 47.5 Å². The third kappa shape index (κ3) is 3.84. The second-order valence-corrected chi connectivity index (χ2v) is 6.31. The quantitative estimate of drug-likeness (QED) is 0.843. The minimum atomic E-state index is 0.0269. The molecule has 0 aliphatic heterocycles. The van der Waals surface area contributed by atoms with Gasteiger partial charge in [0, 0.05) is 17.4 Å². The third-order valence-corrected chi connectivity index (χ3v) is 4.51. The summed E-state index contributed by atoms with van der Waals surface area (Å²) in [5.41, 5.74) is 4.17. The topological polar surface area (TPSA) is 29.1 Å². The first-order chi connectivity index (χ1) is 8.26. The Bertz CT molecular complexity index is 429. The average Bonchev–Trinajstić information content (AvgIpc) is 2.25. The molecule has 1 aromatic carbocycles. The number of carbonyl (C=O) groups excluding carboxylic acids is 1. The van der Waals surface area contributed by atoms with Crippen LogP contribution in [-0.2, 0) is 0 Å². The van der Waals surface area contributed by atoms with Crippen LogP contribution in [0.3, 0.4) is 0 Å². The van der Waals surface area contributed by atoms with Gasteiger partial charge in [0.05, 0.1) is 0 Å². The van der Waals surface area contributed by atoms with Crippen molar-refractivity contribution < 1.29 is 4.79 Å². The summed E-state index contributed by atoms with van der Waals surface area (Å²) in [5.74, 6) is 0.0269. The van der Waals surface area contributed by atoms with Gasteiger partial charge in [-0.25, -0.2) is 0 Å². The Hall–Kier alpha value is -0.830. The number of nitrogens with one attached hydrogen (secondary N) is 1. The highest BCUT2D eigenvalue weighted by Gasteiger charge is 2.19. The van der Waals surface area contributed by atoms with Crippen LogP contribution in [0.2, 0.25) is 0 Å². The van der Waals surface area contributed by atoms with Gasteiger partial charge in [-0.3, -0.25) is 4.79 Å². The number of aryl methyl sites for hydroxylation is 3. The minimum absolute atomic E-state index is 0.0269. The maximum Gasteiger partial charge on any atom is 0.251 e. The molecule has 0 atom stereocenters. The van der Waals surface area contributed by atoms with Crippen molar-refractivity contribution in [1.29, 1.82) is 0 Å². The van der Waals surface area contributed by atoms with Gasteiger partial charge in [-0.2, -0.15) is 0 Å². The van der Waals surface area contributed by atoms with Crippen LogP contribution in [0.4, 0.5) is 0 Å². The van der Waals surface area contributed by atoms with Crippen molar-refractivity contribution in [2.45, 2.75) is 34.6 Å². The summed E-state index contributed by atoms with van der Waals surface area (Å²) in [6, 6.07) is 4.11. The molecule has 1 rings (SSSR count). The lowest BCUT2D eigenvalue weighted by atomic mass is 9.95. The molecule has 1 amide bonds. The molecule has 0 heterocycles. The van der Waals surface area contributed by atoms with E-state index in [2.05, 4.69) is 54.2 Å². The fraction of sp³-hybridized carbons (Fsp3) is 0.533. The number of hydrogen-bond acceptors (Lipinski definition) is 1. The molecule has 18 heavy (non-hydrogen) atoms. The number of amides is 1. The highest BCUT2D eigenvalue weighted by molar-refractivity contribution is 9.09. The zero-order valence-electron chi connectivity index (χ0n) is 11.9. The van der Waals surface area contributed by atoms with Gasteiger partial charge in [-0.15, -0.1) is 0 Å². The molecule has 0 aliphatic rings. The first-order valence-electron chi connectivity index (χ1n) is 6.19. The maximum atomic E-state index is 12.2. The van der Waals surface area contributed by atoms with Crippen LogP contribution >= 0.6 is 15.9 Å². The molecule has 0 radical (unpaired) electrons. The van der Waals surface area contributed by atoms with E-state index in [1.165, 1.54) is 5.56 Å². The standard InChI is InChI=1S/C15H22BrNO/c1-10-6-11(2)13(12(3)7-10)14(18)17-9-15(4,5)8-16/h6-7H,8-9H2,1-5H3,(H,17,18). The molecule has 0 unspecified atom stereocenters. The summed E-state index contributed by atoms with van der Waals surface area (Å²) in [5, 5.41) is 3.89. The molecular weight excluding hydrogens is 290 g/mol. The van der Waals surface area contributed by atoms with Crippen LogP contribution in [-0.4, -0.2) is 17.8 Å². The van der Waals surface area contributed by atoms with E-state index < -0.39 is 0 Å². The summed E-state index contributed by atoms with van der Waals surface area (Å²) >= 11 is 3.46. The normalized spacial score (nSPS) is 11.4. The van der Waals surface area contributed by atoms with Crippen LogP contribution in [0.5, 0.6) is 0 Å². The average molecular weight is 312 g/mol. The van der Waals surface area contributed by atoms with Gasteiger partial charge in [0.2, 0.25) is 0 Å². The Morgan fingerprint density at radius 1 is 1.22 bits per heavy atom. The lowest BCUT2D eigenvalue weighted by molar-refractivity contribution is 0.0939. The minimum Gasteiger partial charge on any atom is -0.351 e. The van der Waals surface area contributed by atoms with Crippen LogP contribution in [0.15, 0.2) is 12.1 Å². The largest absolute Gasteiger partial charge is 0.351 e. The van der Waals surface area contributed by atoms with Crippen molar-refractivity contribution >= 4 is 21.8 Å². The zero-order chi connectivity index (χ0) is 13.9. The summed E-state index contributed by atoms with van der Waals surface area (Å²) in [6.45, 7) is 10.9. The molecule has 0 fully saturated rings. The molecule has 0 aromatic heterocycles. The van der Waals surface area contributed by atoms with Crippen molar-refractivity contribution in [3.63, 3.8) is 0 Å². The highest BCUT2D eigenvalue weighted by Crippen LogP contribution is 2.19. The highest BCUT2D eigenvalue weighted by atomic mass is 79.9. The van der Waals surface area contributed by atoms with Crippen LogP contribution < -0.4 is 5.32 Å². The second-order valence-electron chi connectivity index (χ2n) is 5.75. The monoisotopic (exact) mass is 311 g/mol. The molecule has 3 heteroatoms. The lowest BCUT2D eigenvalue weighted by Gasteiger charge is -2.22. The van der Waals surface area contributed by atoms with E-state index in [4.69, 9.17) is 0 Å². The number of carbonyl (C=O) groups is 1. The first kappa shape index (κ1) is 15.2. The van der Waals surface area contributed by atoms with E-state index in [0.29, 0.717) is 6.54 Å². The fourth-order valence-corrected chi connectivity index (χ4v) is 2.19. The van der Waals surface area contributed by atoms with Crippen LogP contribution in [0.1, 0.15) is 40.9 Å². The van der Waals surface area contributed by atoms with E-state index >= 15 is 0 Å². The van der Waals surface area contributed by atoms with Gasteiger partial charge in [0.15, 0.2) is 0 Å². The Balaban J connectivity index is 2.86. The third-order valence-electron chi connectivity index (χ3n) is 2.99. The Kier molecular flexibility index (Phi) is 4.97. The SMILES string of the molecule is Cc1cc(C)c(C(=O)NCC(C)(C)CBr)c(C)c1. The summed E-state index contributed by atoms with van der Waals surface area (Å²) in [7, 11) is 0. The molecule has 100 valence electrons. The Morgan fingerprint density at radius 3 is 2.17 bits per heavy atom. The summed E-state index contributed by atoms with van der Waals surface area (Å²) in [4.78, 5) is 12.2. The number of hydrogen-bond donors (Lipinski definition) is 1. The van der Waals surface area contributed by atoms with E-state index in [9.17, 15) is 4.79 Å². The van der Waals surface area contributed by atoms with Gasteiger partial charge < -0.3 is 5.32 Å². The van der Waals surface area contributed by atoms with Crippen LogP contribution in [0.25, 0.3) is 0 Å². The van der Waals surface area contributed by atoms with Gasteiger partial charge in [0.25, 0.3) is 5.91 Å². The molecular formula is C15H22BrNO. The van der Waals surface area contributed by atoms with Gasteiger partial charge in [0.1, 0.15) is 0 Å². The van der Waals surface area contributed by atoms with E-state index in [1.807, 2.05) is 13.8 Å². The molecule has 2 nitrogen and oxygen atoms in total. The maximum absolute atomic E-state index is 12.2. The Morgan fingerprint density at radius 2 is 1.72 bits per heavy atom. The van der Waals surface area contributed by atoms with Gasteiger partial charge >= 0.3 is 0 Å². The molecule has 0 saturated carbocycles. The van der Waals surface area contributed by atoms with Crippen molar-refractivity contribution in [2.75, 3.05) is 11.9 Å². The van der Waals surface area contributed by atoms with E-state index in [0.717, 1.165) is 22.0 Å². The van der Waals surface area contributed by atoms with Crippen LogP contribution in [0, 0.1) is 26.2 Å².